The third-order valence-corrected chi connectivity index (χ3v) is 1.86. The van der Waals surface area contributed by atoms with Gasteiger partial charge in [-0.2, -0.15) is 10.4 Å². The summed E-state index contributed by atoms with van der Waals surface area (Å²) in [5.41, 5.74) is 0.931. The van der Waals surface area contributed by atoms with Gasteiger partial charge in [0.2, 0.25) is 0 Å². The number of rotatable bonds is 4. The van der Waals surface area contributed by atoms with Gasteiger partial charge >= 0.3 is 0 Å². The van der Waals surface area contributed by atoms with Gasteiger partial charge in [-0.05, 0) is 11.2 Å². The Hall–Kier alpha value is -0.900. The van der Waals surface area contributed by atoms with Crippen LogP contribution in [-0.2, 0) is 6.54 Å². The highest BCUT2D eigenvalue weighted by atomic mass is 16.8. The molecule has 0 bridgehead atoms. The van der Waals surface area contributed by atoms with E-state index in [0.717, 1.165) is 12.0 Å². The number of hydrogen-bond donors (Lipinski definition) is 2. The molecule has 0 heterocycles. The van der Waals surface area contributed by atoms with Crippen molar-refractivity contribution in [2.75, 3.05) is 6.54 Å². The number of quaternary nitrogens is 1. The zero-order valence-corrected chi connectivity index (χ0v) is 7.85. The fourth-order valence-electron chi connectivity index (χ4n) is 1.31. The maximum atomic E-state index is 9.46. The fraction of sp³-hybridized carbons (Fsp3) is 0.400. The van der Waals surface area contributed by atoms with Crippen LogP contribution in [0.25, 0.3) is 0 Å². The molecule has 0 spiro atoms. The summed E-state index contributed by atoms with van der Waals surface area (Å²) in [5.74, 6) is 0. The van der Waals surface area contributed by atoms with E-state index in [1.54, 1.807) is 0 Å². The Bertz CT molecular complexity index is 246. The summed E-state index contributed by atoms with van der Waals surface area (Å²) in [6.45, 7) is 2.52. The standard InChI is InChI=1S/C10H16NO2/c1-2-8-11(12,13)9-10-6-4-3-5-7-10/h3-7,12-13H,2,8-9H2,1H3/q+1. The SMILES string of the molecule is CCC[N+](O)(O)Cc1ccccc1. The van der Waals surface area contributed by atoms with E-state index in [9.17, 15) is 10.4 Å². The first-order valence-electron chi connectivity index (χ1n) is 4.50. The number of hydroxylamine groups is 4. The lowest BCUT2D eigenvalue weighted by molar-refractivity contribution is -1.25. The molecule has 3 heteroatoms. The van der Waals surface area contributed by atoms with Crippen molar-refractivity contribution in [3.63, 3.8) is 0 Å². The van der Waals surface area contributed by atoms with Gasteiger partial charge < -0.3 is 0 Å². The molecule has 0 aliphatic carbocycles. The minimum Gasteiger partial charge on any atom is -0.182 e. The van der Waals surface area contributed by atoms with Gasteiger partial charge in [-0.3, -0.25) is 0 Å². The average molecular weight is 182 g/mol. The quantitative estimate of drug-likeness (QED) is 0.553. The first-order chi connectivity index (χ1) is 6.14. The van der Waals surface area contributed by atoms with E-state index in [0.29, 0.717) is 6.54 Å². The molecule has 0 saturated carbocycles. The maximum absolute atomic E-state index is 9.46. The van der Waals surface area contributed by atoms with Crippen molar-refractivity contribution in [1.29, 1.82) is 0 Å². The third kappa shape index (κ3) is 3.55. The third-order valence-electron chi connectivity index (χ3n) is 1.86. The van der Waals surface area contributed by atoms with Crippen LogP contribution < -0.4 is 0 Å². The van der Waals surface area contributed by atoms with Crippen molar-refractivity contribution < 1.29 is 15.2 Å². The first kappa shape index (κ1) is 10.2. The van der Waals surface area contributed by atoms with Gasteiger partial charge in [0.25, 0.3) is 0 Å². The number of nitrogens with zero attached hydrogens (tertiary/aromatic N) is 1. The fourth-order valence-corrected chi connectivity index (χ4v) is 1.31. The minimum atomic E-state index is -0.916. The van der Waals surface area contributed by atoms with Crippen LogP contribution in [0.1, 0.15) is 18.9 Å². The summed E-state index contributed by atoms with van der Waals surface area (Å²) in [6, 6.07) is 9.46. The molecular weight excluding hydrogens is 166 g/mol. The molecule has 1 rings (SSSR count). The molecule has 0 unspecified atom stereocenters. The largest absolute Gasteiger partial charge is 0.182 e. The Morgan fingerprint density at radius 1 is 1.15 bits per heavy atom. The van der Waals surface area contributed by atoms with Crippen LogP contribution in [0, 0.1) is 0 Å². The van der Waals surface area contributed by atoms with E-state index >= 15 is 0 Å². The van der Waals surface area contributed by atoms with E-state index in [1.807, 2.05) is 37.3 Å². The Morgan fingerprint density at radius 3 is 2.31 bits per heavy atom. The van der Waals surface area contributed by atoms with Crippen LogP contribution in [0.15, 0.2) is 30.3 Å². The molecule has 3 nitrogen and oxygen atoms in total. The summed E-state index contributed by atoms with van der Waals surface area (Å²) in [6.07, 6.45) is 0.750. The van der Waals surface area contributed by atoms with Gasteiger partial charge in [0, 0.05) is 5.56 Å². The van der Waals surface area contributed by atoms with Crippen LogP contribution in [0.5, 0.6) is 0 Å². The Labute approximate surface area is 78.4 Å². The van der Waals surface area contributed by atoms with Crippen molar-refractivity contribution >= 4 is 0 Å². The van der Waals surface area contributed by atoms with Gasteiger partial charge in [-0.25, -0.2) is 0 Å². The van der Waals surface area contributed by atoms with Crippen LogP contribution >= 0.6 is 0 Å². The Morgan fingerprint density at radius 2 is 1.77 bits per heavy atom. The lowest BCUT2D eigenvalue weighted by atomic mass is 10.2. The second-order valence-electron chi connectivity index (χ2n) is 3.25. The molecule has 2 N–H and O–H groups in total. The summed E-state index contributed by atoms with van der Waals surface area (Å²) in [7, 11) is 0. The van der Waals surface area contributed by atoms with Crippen molar-refractivity contribution in [2.24, 2.45) is 0 Å². The number of hydrogen-bond acceptors (Lipinski definition) is 2. The normalized spacial score (nSPS) is 11.6. The number of benzene rings is 1. The van der Waals surface area contributed by atoms with E-state index in [4.69, 9.17) is 0 Å². The first-order valence-corrected chi connectivity index (χ1v) is 4.50. The second kappa shape index (κ2) is 4.37. The molecule has 0 aromatic heterocycles. The van der Waals surface area contributed by atoms with Gasteiger partial charge in [-0.1, -0.05) is 37.3 Å². The van der Waals surface area contributed by atoms with Crippen molar-refractivity contribution in [3.05, 3.63) is 35.9 Å². The molecule has 0 saturated heterocycles. The van der Waals surface area contributed by atoms with Crippen LogP contribution in [-0.4, -0.2) is 21.8 Å². The summed E-state index contributed by atoms with van der Waals surface area (Å²) < 4.78 is 0. The van der Waals surface area contributed by atoms with Crippen LogP contribution in [0.4, 0.5) is 0 Å². The summed E-state index contributed by atoms with van der Waals surface area (Å²) in [5, 5.41) is 18.9. The predicted molar refractivity (Wildman–Crippen MR) is 49.1 cm³/mol. The highest BCUT2D eigenvalue weighted by Crippen LogP contribution is 2.08. The van der Waals surface area contributed by atoms with Crippen molar-refractivity contribution in [3.8, 4) is 0 Å². The van der Waals surface area contributed by atoms with Crippen molar-refractivity contribution in [2.45, 2.75) is 19.9 Å². The molecule has 0 fully saturated rings. The molecule has 1 aromatic carbocycles. The maximum Gasteiger partial charge on any atom is 0.167 e. The molecule has 0 radical (unpaired) electrons. The van der Waals surface area contributed by atoms with Gasteiger partial charge in [0.1, 0.15) is 6.54 Å². The molecule has 72 valence electrons. The van der Waals surface area contributed by atoms with Crippen LogP contribution in [0.3, 0.4) is 0 Å². The molecule has 1 aromatic rings. The van der Waals surface area contributed by atoms with Gasteiger partial charge in [0.15, 0.2) is 6.54 Å². The molecular formula is C10H16NO2+. The highest BCUT2D eigenvalue weighted by Gasteiger charge is 2.21. The van der Waals surface area contributed by atoms with E-state index < -0.39 is 4.81 Å². The molecule has 0 atom stereocenters. The van der Waals surface area contributed by atoms with E-state index in [-0.39, 0.29) is 6.54 Å². The average Bonchev–Trinajstić information content (AvgIpc) is 2.04. The topological polar surface area (TPSA) is 40.5 Å². The molecule has 0 amide bonds. The van der Waals surface area contributed by atoms with Crippen LogP contribution in [0.2, 0.25) is 0 Å². The Kier molecular flexibility index (Phi) is 3.42. The lowest BCUT2D eigenvalue weighted by Gasteiger charge is -2.20. The Balaban J connectivity index is 2.58. The minimum absolute atomic E-state index is 0.245. The summed E-state index contributed by atoms with van der Waals surface area (Å²) in [4.78, 5) is -0.916. The molecule has 0 aliphatic rings. The zero-order chi connectivity index (χ0) is 9.73. The smallest absolute Gasteiger partial charge is 0.167 e. The van der Waals surface area contributed by atoms with Gasteiger partial charge in [-0.15, -0.1) is 0 Å². The monoisotopic (exact) mass is 182 g/mol. The van der Waals surface area contributed by atoms with E-state index in [1.165, 1.54) is 0 Å². The zero-order valence-electron chi connectivity index (χ0n) is 7.85. The van der Waals surface area contributed by atoms with E-state index in [2.05, 4.69) is 0 Å². The molecule has 0 aliphatic heterocycles. The predicted octanol–water partition coefficient (Wildman–Crippen LogP) is 2.19. The van der Waals surface area contributed by atoms with Crippen molar-refractivity contribution in [1.82, 2.24) is 0 Å². The highest BCUT2D eigenvalue weighted by molar-refractivity contribution is 5.13. The van der Waals surface area contributed by atoms with Gasteiger partial charge in [0.05, 0.1) is 0 Å². The second-order valence-corrected chi connectivity index (χ2v) is 3.25. The molecule has 13 heavy (non-hydrogen) atoms. The summed E-state index contributed by atoms with van der Waals surface area (Å²) >= 11 is 0. The lowest BCUT2D eigenvalue weighted by Crippen LogP contribution is -2.40.